The Bertz CT molecular complexity index is 1570. The van der Waals surface area contributed by atoms with Crippen molar-refractivity contribution in [2.45, 2.75) is 166 Å². The zero-order valence-electron chi connectivity index (χ0n) is 38.5. The molecule has 0 bridgehead atoms. The molecule has 1 rings (SSSR count). The molecule has 6 unspecified atom stereocenters. The summed E-state index contributed by atoms with van der Waals surface area (Å²) < 4.78 is 59.0. The highest BCUT2D eigenvalue weighted by molar-refractivity contribution is 7.80. The van der Waals surface area contributed by atoms with Crippen molar-refractivity contribution in [3.63, 3.8) is 0 Å². The van der Waals surface area contributed by atoms with Gasteiger partial charge in [-0.2, -0.15) is 8.42 Å². The maximum Gasteiger partial charge on any atom is 0.397 e. The van der Waals surface area contributed by atoms with Crippen molar-refractivity contribution in [2.24, 2.45) is 0 Å². The number of unbranched alkanes of at least 4 members (excludes halogenated alkanes) is 5. The van der Waals surface area contributed by atoms with E-state index >= 15 is 0 Å². The number of allylic oxidation sites excluding steroid dienone is 19. The molecule has 0 amide bonds. The van der Waals surface area contributed by atoms with Crippen LogP contribution in [0.1, 0.15) is 129 Å². The van der Waals surface area contributed by atoms with Gasteiger partial charge in [-0.3, -0.25) is 9.35 Å². The third-order valence-corrected chi connectivity index (χ3v) is 10.1. The number of esters is 1. The number of hydrogen-bond acceptors (Lipinski definition) is 11. The summed E-state index contributed by atoms with van der Waals surface area (Å²) >= 11 is 0. The minimum absolute atomic E-state index is 0.0357. The third kappa shape index (κ3) is 33.9. The number of aliphatic hydroxyl groups is 3. The monoisotopic (exact) mass is 917 g/mol. The van der Waals surface area contributed by atoms with Crippen molar-refractivity contribution >= 4 is 16.4 Å². The Hall–Kier alpha value is -3.50. The summed E-state index contributed by atoms with van der Waals surface area (Å²) in [7, 11) is -5.08. The highest BCUT2D eigenvalue weighted by Gasteiger charge is 2.48. The SMILES string of the molecule is CC/C=C\C/C=C\C/C=C\C/C=C\C/C=C\CCCCCCCC(=O)OC(COCC/C=C\C/C=C\C/C=C\C/C=C\C/C=C\CC)COC1OC(CO)C(O)C(OS(=O)(=O)O)C1O. The molecule has 0 saturated carbocycles. The molecule has 0 aliphatic carbocycles. The lowest BCUT2D eigenvalue weighted by Crippen LogP contribution is -2.60. The fraction of sp³-hybridized carbons (Fsp3) is 0.588. The number of rotatable bonds is 38. The topological polar surface area (TPSA) is 178 Å². The zero-order valence-corrected chi connectivity index (χ0v) is 39.3. The van der Waals surface area contributed by atoms with E-state index in [9.17, 15) is 28.5 Å². The Morgan fingerprint density at radius 3 is 1.50 bits per heavy atom. The van der Waals surface area contributed by atoms with Gasteiger partial charge in [-0.25, -0.2) is 4.18 Å². The van der Waals surface area contributed by atoms with Gasteiger partial charge in [0.2, 0.25) is 0 Å². The summed E-state index contributed by atoms with van der Waals surface area (Å²) in [5.41, 5.74) is 0. The van der Waals surface area contributed by atoms with Crippen LogP contribution in [-0.4, -0.2) is 97.5 Å². The standard InChI is InChI=1S/C51H80O12S/c1-3-5-7-9-11-13-15-17-19-21-22-23-24-25-26-28-30-32-34-36-38-40-47(53)61-45(44-60-51-49(55)50(63-64(56,57)58)48(54)46(42-52)62-51)43-59-41-39-37-35-33-31-29-27-20-18-16-14-12-10-8-6-4-2/h5-8,11-14,17-20,22-23,25-26,29,31,35,37,45-46,48-52,54-55H,3-4,9-10,15-16,21,24,27-28,30,32-34,36,38-44H2,1-2H3,(H,56,57,58)/b7-5-,8-6-,13-11-,14-12-,19-17-,20-18-,23-22-,26-25-,31-29-,37-35-. The van der Waals surface area contributed by atoms with E-state index in [4.69, 9.17) is 23.5 Å². The van der Waals surface area contributed by atoms with E-state index in [0.29, 0.717) is 19.4 Å². The van der Waals surface area contributed by atoms with Crippen LogP contribution in [0, 0.1) is 0 Å². The Balaban J connectivity index is 2.49. The smallest absolute Gasteiger partial charge is 0.397 e. The highest BCUT2D eigenvalue weighted by Crippen LogP contribution is 2.26. The Labute approximate surface area is 385 Å². The van der Waals surface area contributed by atoms with Crippen molar-refractivity contribution in [1.29, 1.82) is 0 Å². The van der Waals surface area contributed by atoms with E-state index in [2.05, 4.69) is 127 Å². The van der Waals surface area contributed by atoms with Gasteiger partial charge in [-0.15, -0.1) is 0 Å². The van der Waals surface area contributed by atoms with Crippen molar-refractivity contribution in [3.05, 3.63) is 122 Å². The molecule has 362 valence electrons. The van der Waals surface area contributed by atoms with Gasteiger partial charge in [-0.1, -0.05) is 155 Å². The molecule has 0 aromatic heterocycles. The average Bonchev–Trinajstić information content (AvgIpc) is 3.27. The third-order valence-electron chi connectivity index (χ3n) is 9.60. The summed E-state index contributed by atoms with van der Waals surface area (Å²) in [6.07, 6.45) is 49.6. The van der Waals surface area contributed by atoms with Gasteiger partial charge in [-0.05, 0) is 89.9 Å². The Kier molecular flexibility index (Phi) is 37.5. The summed E-state index contributed by atoms with van der Waals surface area (Å²) in [5.74, 6) is -0.449. The molecule has 13 heteroatoms. The van der Waals surface area contributed by atoms with E-state index in [1.165, 1.54) is 0 Å². The fourth-order valence-electron chi connectivity index (χ4n) is 6.17. The van der Waals surface area contributed by atoms with Crippen LogP contribution in [-0.2, 0) is 38.3 Å². The van der Waals surface area contributed by atoms with Crippen LogP contribution in [0.5, 0.6) is 0 Å². The first-order valence-corrected chi connectivity index (χ1v) is 24.7. The molecule has 4 N–H and O–H groups in total. The second-order valence-electron chi connectivity index (χ2n) is 15.2. The molecule has 64 heavy (non-hydrogen) atoms. The second kappa shape index (κ2) is 41.0. The largest absolute Gasteiger partial charge is 0.457 e. The zero-order chi connectivity index (χ0) is 46.8. The highest BCUT2D eigenvalue weighted by atomic mass is 32.3. The first kappa shape index (κ1) is 58.5. The van der Waals surface area contributed by atoms with Crippen LogP contribution >= 0.6 is 0 Å². The number of carbonyl (C=O) groups is 1. The number of aliphatic hydroxyl groups excluding tert-OH is 3. The lowest BCUT2D eigenvalue weighted by Gasteiger charge is -2.41. The number of hydrogen-bond donors (Lipinski definition) is 4. The summed E-state index contributed by atoms with van der Waals surface area (Å²) in [5, 5.41) is 30.7. The van der Waals surface area contributed by atoms with E-state index < -0.39 is 59.8 Å². The van der Waals surface area contributed by atoms with Crippen molar-refractivity contribution < 1.29 is 56.2 Å². The van der Waals surface area contributed by atoms with Gasteiger partial charge < -0.3 is 34.3 Å². The lowest BCUT2D eigenvalue weighted by atomic mass is 9.99. The predicted octanol–water partition coefficient (Wildman–Crippen LogP) is 10.2. The van der Waals surface area contributed by atoms with Crippen molar-refractivity contribution in [1.82, 2.24) is 0 Å². The second-order valence-corrected chi connectivity index (χ2v) is 16.3. The van der Waals surface area contributed by atoms with Crippen molar-refractivity contribution in [2.75, 3.05) is 26.4 Å². The molecule has 12 nitrogen and oxygen atoms in total. The Morgan fingerprint density at radius 1 is 0.594 bits per heavy atom. The molecular weight excluding hydrogens is 837 g/mol. The molecule has 1 aliphatic rings. The maximum absolute atomic E-state index is 12.9. The van der Waals surface area contributed by atoms with Gasteiger partial charge in [0.25, 0.3) is 0 Å². The van der Waals surface area contributed by atoms with Crippen LogP contribution in [0.4, 0.5) is 0 Å². The molecule has 1 saturated heterocycles. The van der Waals surface area contributed by atoms with E-state index in [1.54, 1.807) is 0 Å². The van der Waals surface area contributed by atoms with E-state index in [1.807, 2.05) is 12.2 Å². The van der Waals surface area contributed by atoms with Crippen LogP contribution in [0.25, 0.3) is 0 Å². The minimum atomic E-state index is -5.08. The Morgan fingerprint density at radius 2 is 1.03 bits per heavy atom. The molecule has 1 heterocycles. The molecule has 0 aromatic carbocycles. The molecule has 1 aliphatic heterocycles. The van der Waals surface area contributed by atoms with Crippen LogP contribution in [0.3, 0.4) is 0 Å². The first-order valence-electron chi connectivity index (χ1n) is 23.3. The van der Waals surface area contributed by atoms with E-state index in [-0.39, 0.29) is 19.6 Å². The fourth-order valence-corrected chi connectivity index (χ4v) is 6.68. The summed E-state index contributed by atoms with van der Waals surface area (Å²) in [6.45, 7) is 3.48. The average molecular weight is 917 g/mol. The quantitative estimate of drug-likeness (QED) is 0.0200. The molecule has 6 atom stereocenters. The first-order chi connectivity index (χ1) is 31.1. The van der Waals surface area contributed by atoms with Crippen LogP contribution in [0.2, 0.25) is 0 Å². The maximum atomic E-state index is 12.9. The predicted molar refractivity (Wildman–Crippen MR) is 257 cm³/mol. The molecule has 0 aromatic rings. The minimum Gasteiger partial charge on any atom is -0.457 e. The number of carbonyl (C=O) groups excluding carboxylic acids is 1. The molecular formula is C51H80O12S. The van der Waals surface area contributed by atoms with Gasteiger partial charge in [0.05, 0.1) is 26.4 Å². The van der Waals surface area contributed by atoms with Gasteiger partial charge >= 0.3 is 16.4 Å². The lowest BCUT2D eigenvalue weighted by molar-refractivity contribution is -0.301. The molecule has 0 radical (unpaired) electrons. The van der Waals surface area contributed by atoms with Crippen LogP contribution in [0.15, 0.2) is 122 Å². The summed E-state index contributed by atoms with van der Waals surface area (Å²) in [6, 6.07) is 0. The summed E-state index contributed by atoms with van der Waals surface area (Å²) in [4.78, 5) is 12.9. The van der Waals surface area contributed by atoms with Gasteiger partial charge in [0.15, 0.2) is 6.29 Å². The van der Waals surface area contributed by atoms with Gasteiger partial charge in [0.1, 0.15) is 30.5 Å². The number of ether oxygens (including phenoxy) is 4. The molecule has 1 fully saturated rings. The van der Waals surface area contributed by atoms with Crippen molar-refractivity contribution in [3.8, 4) is 0 Å². The normalized spacial score (nSPS) is 20.9. The van der Waals surface area contributed by atoms with Gasteiger partial charge in [0, 0.05) is 6.42 Å². The van der Waals surface area contributed by atoms with Crippen LogP contribution < -0.4 is 0 Å². The molecule has 0 spiro atoms. The van der Waals surface area contributed by atoms with E-state index in [0.717, 1.165) is 96.3 Å².